The van der Waals surface area contributed by atoms with Crippen LogP contribution in [0, 0.1) is 0 Å². The molecule has 0 bridgehead atoms. The molecular weight excluding hydrogens is 274 g/mol. The van der Waals surface area contributed by atoms with Crippen LogP contribution in [-0.2, 0) is 0 Å². The van der Waals surface area contributed by atoms with Gasteiger partial charge in [0.2, 0.25) is 0 Å². The summed E-state index contributed by atoms with van der Waals surface area (Å²) in [5.41, 5.74) is 1.84. The van der Waals surface area contributed by atoms with Crippen molar-refractivity contribution in [3.05, 3.63) is 59.1 Å². The molecule has 0 aliphatic rings. The van der Waals surface area contributed by atoms with E-state index in [-0.39, 0.29) is 12.6 Å². The molecule has 0 fully saturated rings. The Morgan fingerprint density at radius 1 is 1.20 bits per heavy atom. The molecule has 0 aromatic heterocycles. The van der Waals surface area contributed by atoms with Crippen molar-refractivity contribution in [2.75, 3.05) is 18.5 Å². The minimum Gasteiger partial charge on any atom is -0.494 e. The van der Waals surface area contributed by atoms with Gasteiger partial charge in [-0.05, 0) is 42.8 Å². The number of benzene rings is 2. The van der Waals surface area contributed by atoms with Crippen molar-refractivity contribution in [3.63, 3.8) is 0 Å². The molecule has 106 valence electrons. The first-order valence-corrected chi connectivity index (χ1v) is 6.96. The smallest absolute Gasteiger partial charge is 0.119 e. The number of halogens is 1. The molecule has 0 saturated carbocycles. The van der Waals surface area contributed by atoms with E-state index in [0.29, 0.717) is 11.6 Å². The molecule has 2 rings (SSSR count). The molecule has 4 heteroatoms. The number of ether oxygens (including phenoxy) is 1. The van der Waals surface area contributed by atoms with Gasteiger partial charge in [-0.3, -0.25) is 0 Å². The fraction of sp³-hybridized carbons (Fsp3) is 0.250. The lowest BCUT2D eigenvalue weighted by atomic mass is 10.1. The number of hydrogen-bond donors (Lipinski definition) is 2. The lowest BCUT2D eigenvalue weighted by Crippen LogP contribution is -2.14. The molecule has 2 aromatic carbocycles. The highest BCUT2D eigenvalue weighted by atomic mass is 35.5. The van der Waals surface area contributed by atoms with Gasteiger partial charge in [0, 0.05) is 10.7 Å². The van der Waals surface area contributed by atoms with Gasteiger partial charge in [-0.1, -0.05) is 29.8 Å². The molecule has 0 saturated heterocycles. The highest BCUT2D eigenvalue weighted by molar-refractivity contribution is 6.30. The van der Waals surface area contributed by atoms with Crippen molar-refractivity contribution in [1.29, 1.82) is 0 Å². The topological polar surface area (TPSA) is 41.5 Å². The maximum Gasteiger partial charge on any atom is 0.119 e. The highest BCUT2D eigenvalue weighted by Gasteiger charge is 2.11. The van der Waals surface area contributed by atoms with Gasteiger partial charge in [0.05, 0.1) is 19.3 Å². The van der Waals surface area contributed by atoms with Crippen LogP contribution < -0.4 is 10.1 Å². The first kappa shape index (κ1) is 14.7. The zero-order valence-corrected chi connectivity index (χ0v) is 12.1. The average Bonchev–Trinajstić information content (AvgIpc) is 2.45. The van der Waals surface area contributed by atoms with Crippen LogP contribution in [0.25, 0.3) is 0 Å². The van der Waals surface area contributed by atoms with E-state index < -0.39 is 0 Å². The fourth-order valence-corrected chi connectivity index (χ4v) is 2.19. The molecule has 0 aliphatic heterocycles. The number of anilines is 1. The zero-order valence-electron chi connectivity index (χ0n) is 11.3. The largest absolute Gasteiger partial charge is 0.494 e. The molecule has 0 amide bonds. The Morgan fingerprint density at radius 2 is 2.00 bits per heavy atom. The van der Waals surface area contributed by atoms with Gasteiger partial charge in [0.1, 0.15) is 5.75 Å². The van der Waals surface area contributed by atoms with Gasteiger partial charge >= 0.3 is 0 Å². The lowest BCUT2D eigenvalue weighted by Gasteiger charge is -2.19. The van der Waals surface area contributed by atoms with Crippen molar-refractivity contribution < 1.29 is 9.84 Å². The van der Waals surface area contributed by atoms with Crippen LogP contribution >= 0.6 is 11.6 Å². The van der Waals surface area contributed by atoms with Crippen LogP contribution in [-0.4, -0.2) is 18.3 Å². The highest BCUT2D eigenvalue weighted by Crippen LogP contribution is 2.24. The number of rotatable bonds is 6. The summed E-state index contributed by atoms with van der Waals surface area (Å²) in [5.74, 6) is 0.802. The summed E-state index contributed by atoms with van der Waals surface area (Å²) >= 11 is 5.96. The standard InChI is InChI=1S/C16H18ClNO2/c1-2-20-15-8-3-5-12(9-15)16(11-19)18-14-7-4-6-13(17)10-14/h3-10,16,18-19H,2,11H2,1H3. The monoisotopic (exact) mass is 291 g/mol. The van der Waals surface area contributed by atoms with Crippen LogP contribution in [0.4, 0.5) is 5.69 Å². The summed E-state index contributed by atoms with van der Waals surface area (Å²) in [5, 5.41) is 13.5. The van der Waals surface area contributed by atoms with Crippen LogP contribution in [0.2, 0.25) is 5.02 Å². The minimum atomic E-state index is -0.200. The van der Waals surface area contributed by atoms with Gasteiger partial charge in [0.15, 0.2) is 0 Å². The predicted octanol–water partition coefficient (Wildman–Crippen LogP) is 3.88. The molecule has 0 aliphatic carbocycles. The third-order valence-corrected chi connectivity index (χ3v) is 3.15. The third-order valence-electron chi connectivity index (χ3n) is 2.92. The Bertz CT molecular complexity index is 560. The molecule has 1 unspecified atom stereocenters. The first-order valence-electron chi connectivity index (χ1n) is 6.58. The Kier molecular flexibility index (Phi) is 5.27. The van der Waals surface area contributed by atoms with Gasteiger partial charge in [0.25, 0.3) is 0 Å². The lowest BCUT2D eigenvalue weighted by molar-refractivity contribution is 0.275. The molecule has 0 spiro atoms. The van der Waals surface area contributed by atoms with Crippen molar-refractivity contribution in [1.82, 2.24) is 0 Å². The van der Waals surface area contributed by atoms with Gasteiger partial charge in [-0.25, -0.2) is 0 Å². The van der Waals surface area contributed by atoms with Crippen molar-refractivity contribution >= 4 is 17.3 Å². The second-order valence-electron chi connectivity index (χ2n) is 4.40. The maximum absolute atomic E-state index is 9.59. The minimum absolute atomic E-state index is 0.0118. The molecular formula is C16H18ClNO2. The number of nitrogens with one attached hydrogen (secondary N) is 1. The van der Waals surface area contributed by atoms with Crippen LogP contribution in [0.15, 0.2) is 48.5 Å². The SMILES string of the molecule is CCOc1cccc(C(CO)Nc2cccc(Cl)c2)c1. The van der Waals surface area contributed by atoms with E-state index in [4.69, 9.17) is 16.3 Å². The fourth-order valence-electron chi connectivity index (χ4n) is 2.00. The van der Waals surface area contributed by atoms with E-state index >= 15 is 0 Å². The Morgan fingerprint density at radius 3 is 2.70 bits per heavy atom. The van der Waals surface area contributed by atoms with Crippen molar-refractivity contribution in [2.45, 2.75) is 13.0 Å². The second-order valence-corrected chi connectivity index (χ2v) is 4.83. The molecule has 2 N–H and O–H groups in total. The quantitative estimate of drug-likeness (QED) is 0.848. The van der Waals surface area contributed by atoms with E-state index in [9.17, 15) is 5.11 Å². The second kappa shape index (κ2) is 7.17. The summed E-state index contributed by atoms with van der Waals surface area (Å²) in [6.45, 7) is 2.55. The summed E-state index contributed by atoms with van der Waals surface area (Å²) in [6.07, 6.45) is 0. The van der Waals surface area contributed by atoms with E-state index in [2.05, 4.69) is 5.32 Å². The molecule has 0 heterocycles. The van der Waals surface area contributed by atoms with Gasteiger partial charge < -0.3 is 15.2 Å². The van der Waals surface area contributed by atoms with Crippen LogP contribution in [0.3, 0.4) is 0 Å². The van der Waals surface area contributed by atoms with Gasteiger partial charge in [-0.15, -0.1) is 0 Å². The summed E-state index contributed by atoms with van der Waals surface area (Å²) in [4.78, 5) is 0. The van der Waals surface area contributed by atoms with Crippen LogP contribution in [0.1, 0.15) is 18.5 Å². The normalized spacial score (nSPS) is 11.9. The Hall–Kier alpha value is -1.71. The average molecular weight is 292 g/mol. The number of hydrogen-bond acceptors (Lipinski definition) is 3. The zero-order chi connectivity index (χ0) is 14.4. The Labute approximate surface area is 124 Å². The number of aliphatic hydroxyl groups excluding tert-OH is 1. The maximum atomic E-state index is 9.59. The molecule has 0 radical (unpaired) electrons. The van der Waals surface area contributed by atoms with E-state index in [1.165, 1.54) is 0 Å². The van der Waals surface area contributed by atoms with Crippen molar-refractivity contribution in [3.8, 4) is 5.75 Å². The summed E-state index contributed by atoms with van der Waals surface area (Å²) in [6, 6.07) is 14.9. The summed E-state index contributed by atoms with van der Waals surface area (Å²) in [7, 11) is 0. The van der Waals surface area contributed by atoms with Crippen molar-refractivity contribution in [2.24, 2.45) is 0 Å². The molecule has 2 aromatic rings. The third kappa shape index (κ3) is 3.89. The number of aliphatic hydroxyl groups is 1. The van der Waals surface area contributed by atoms with Crippen LogP contribution in [0.5, 0.6) is 5.75 Å². The summed E-state index contributed by atoms with van der Waals surface area (Å²) < 4.78 is 5.48. The Balaban J connectivity index is 2.17. The molecule has 3 nitrogen and oxygen atoms in total. The molecule has 1 atom stereocenters. The van der Waals surface area contributed by atoms with E-state index in [1.54, 1.807) is 0 Å². The predicted molar refractivity (Wildman–Crippen MR) is 82.5 cm³/mol. The van der Waals surface area contributed by atoms with Gasteiger partial charge in [-0.2, -0.15) is 0 Å². The molecule has 20 heavy (non-hydrogen) atoms. The van der Waals surface area contributed by atoms with E-state index in [0.717, 1.165) is 17.0 Å². The first-order chi connectivity index (χ1) is 9.72. The van der Waals surface area contributed by atoms with E-state index in [1.807, 2.05) is 55.5 Å².